The van der Waals surface area contributed by atoms with E-state index in [0.717, 1.165) is 18.0 Å². The lowest BCUT2D eigenvalue weighted by atomic mass is 9.80. The second kappa shape index (κ2) is 5.33. The maximum absolute atomic E-state index is 6.30. The largest absolute Gasteiger partial charge is 0.497 e. The van der Waals surface area contributed by atoms with Crippen molar-refractivity contribution in [2.45, 2.75) is 24.8 Å². The van der Waals surface area contributed by atoms with Gasteiger partial charge in [0.15, 0.2) is 0 Å². The molecule has 0 amide bonds. The SMILES string of the molecule is COc1ccc2c(c1)C(c1ccccc1N)C1CCCNC21. The molecule has 2 aromatic carbocycles. The van der Waals surface area contributed by atoms with Crippen LogP contribution in [0.15, 0.2) is 42.5 Å². The van der Waals surface area contributed by atoms with E-state index in [1.54, 1.807) is 7.11 Å². The van der Waals surface area contributed by atoms with Crippen LogP contribution < -0.4 is 15.8 Å². The number of ether oxygens (including phenoxy) is 1. The zero-order valence-corrected chi connectivity index (χ0v) is 12.9. The van der Waals surface area contributed by atoms with Crippen LogP contribution in [0.4, 0.5) is 5.69 Å². The lowest BCUT2D eigenvalue weighted by molar-refractivity contribution is 0.287. The summed E-state index contributed by atoms with van der Waals surface area (Å²) in [6.45, 7) is 1.10. The predicted octanol–water partition coefficient (Wildman–Crippen LogP) is 3.46. The molecule has 2 aliphatic rings. The smallest absolute Gasteiger partial charge is 0.119 e. The Kier molecular flexibility index (Phi) is 3.30. The van der Waals surface area contributed by atoms with Crippen LogP contribution in [0.5, 0.6) is 5.75 Å². The molecule has 3 atom stereocenters. The highest BCUT2D eigenvalue weighted by Crippen LogP contribution is 2.53. The Balaban J connectivity index is 1.88. The topological polar surface area (TPSA) is 47.3 Å². The second-order valence-corrected chi connectivity index (χ2v) is 6.34. The van der Waals surface area contributed by atoms with Gasteiger partial charge in [-0.2, -0.15) is 0 Å². The van der Waals surface area contributed by atoms with E-state index in [2.05, 4.69) is 35.6 Å². The monoisotopic (exact) mass is 294 g/mol. The summed E-state index contributed by atoms with van der Waals surface area (Å²) in [7, 11) is 1.73. The molecule has 22 heavy (non-hydrogen) atoms. The summed E-state index contributed by atoms with van der Waals surface area (Å²) < 4.78 is 5.46. The van der Waals surface area contributed by atoms with Crippen molar-refractivity contribution in [3.05, 3.63) is 59.2 Å². The van der Waals surface area contributed by atoms with Crippen molar-refractivity contribution in [1.29, 1.82) is 0 Å². The first-order chi connectivity index (χ1) is 10.8. The van der Waals surface area contributed by atoms with Crippen LogP contribution >= 0.6 is 0 Å². The Morgan fingerprint density at radius 1 is 1.09 bits per heavy atom. The van der Waals surface area contributed by atoms with Gasteiger partial charge in [-0.05, 0) is 60.2 Å². The molecule has 0 spiro atoms. The minimum absolute atomic E-state index is 0.365. The Morgan fingerprint density at radius 2 is 1.95 bits per heavy atom. The number of hydrogen-bond acceptors (Lipinski definition) is 3. The molecule has 3 unspecified atom stereocenters. The summed E-state index contributed by atoms with van der Waals surface area (Å²) >= 11 is 0. The molecule has 3 heteroatoms. The van der Waals surface area contributed by atoms with Gasteiger partial charge in [0.25, 0.3) is 0 Å². The molecule has 0 bridgehead atoms. The molecule has 3 nitrogen and oxygen atoms in total. The van der Waals surface area contributed by atoms with Crippen LogP contribution in [-0.2, 0) is 0 Å². The number of benzene rings is 2. The third-order valence-electron chi connectivity index (χ3n) is 5.23. The number of hydrogen-bond donors (Lipinski definition) is 2. The molecular weight excluding hydrogens is 272 g/mol. The summed E-state index contributed by atoms with van der Waals surface area (Å²) in [5.74, 6) is 1.88. The van der Waals surface area contributed by atoms with E-state index < -0.39 is 0 Å². The second-order valence-electron chi connectivity index (χ2n) is 6.34. The average molecular weight is 294 g/mol. The first kappa shape index (κ1) is 13.6. The molecule has 3 N–H and O–H groups in total. The Bertz CT molecular complexity index is 698. The van der Waals surface area contributed by atoms with Gasteiger partial charge in [-0.25, -0.2) is 0 Å². The first-order valence-corrected chi connectivity index (χ1v) is 8.05. The van der Waals surface area contributed by atoms with Crippen LogP contribution in [0.25, 0.3) is 0 Å². The lowest BCUT2D eigenvalue weighted by Crippen LogP contribution is -2.33. The van der Waals surface area contributed by atoms with Gasteiger partial charge in [0.1, 0.15) is 5.75 Å². The number of methoxy groups -OCH3 is 1. The first-order valence-electron chi connectivity index (χ1n) is 8.05. The maximum Gasteiger partial charge on any atom is 0.119 e. The van der Waals surface area contributed by atoms with Gasteiger partial charge in [0.2, 0.25) is 0 Å². The highest BCUT2D eigenvalue weighted by molar-refractivity contribution is 5.57. The van der Waals surface area contributed by atoms with Crippen LogP contribution in [0.2, 0.25) is 0 Å². The van der Waals surface area contributed by atoms with Gasteiger partial charge in [0.05, 0.1) is 7.11 Å². The molecular formula is C19H22N2O. The predicted molar refractivity (Wildman–Crippen MR) is 89.2 cm³/mol. The number of piperidine rings is 1. The summed E-state index contributed by atoms with van der Waals surface area (Å²) in [4.78, 5) is 0. The molecule has 0 aromatic heterocycles. The van der Waals surface area contributed by atoms with E-state index in [0.29, 0.717) is 17.9 Å². The third-order valence-corrected chi connectivity index (χ3v) is 5.23. The molecule has 4 rings (SSSR count). The molecule has 114 valence electrons. The van der Waals surface area contributed by atoms with Gasteiger partial charge in [0, 0.05) is 17.6 Å². The van der Waals surface area contributed by atoms with E-state index >= 15 is 0 Å². The van der Waals surface area contributed by atoms with E-state index in [1.807, 2.05) is 12.1 Å². The molecule has 1 aliphatic carbocycles. The molecule has 1 aliphatic heterocycles. The highest BCUT2D eigenvalue weighted by atomic mass is 16.5. The van der Waals surface area contributed by atoms with Crippen LogP contribution in [0, 0.1) is 5.92 Å². The van der Waals surface area contributed by atoms with Gasteiger partial charge in [-0.15, -0.1) is 0 Å². The van der Waals surface area contributed by atoms with Crippen LogP contribution in [-0.4, -0.2) is 13.7 Å². The van der Waals surface area contributed by atoms with Gasteiger partial charge < -0.3 is 15.8 Å². The maximum atomic E-state index is 6.30. The fourth-order valence-electron chi connectivity index (χ4n) is 4.27. The number of anilines is 1. The fraction of sp³-hybridized carbons (Fsp3) is 0.368. The van der Waals surface area contributed by atoms with Crippen LogP contribution in [0.3, 0.4) is 0 Å². The minimum atomic E-state index is 0.365. The summed E-state index contributed by atoms with van der Waals surface area (Å²) in [5, 5.41) is 3.71. The van der Waals surface area contributed by atoms with Crippen molar-refractivity contribution in [2.75, 3.05) is 19.4 Å². The molecule has 1 saturated heterocycles. The van der Waals surface area contributed by atoms with Crippen molar-refractivity contribution in [1.82, 2.24) is 5.32 Å². The van der Waals surface area contributed by atoms with E-state index in [9.17, 15) is 0 Å². The number of rotatable bonds is 2. The van der Waals surface area contributed by atoms with Crippen molar-refractivity contribution >= 4 is 5.69 Å². The average Bonchev–Trinajstić information content (AvgIpc) is 2.89. The van der Waals surface area contributed by atoms with Crippen molar-refractivity contribution in [2.24, 2.45) is 5.92 Å². The number of nitrogens with one attached hydrogen (secondary N) is 1. The Hall–Kier alpha value is -2.00. The van der Waals surface area contributed by atoms with Gasteiger partial charge >= 0.3 is 0 Å². The zero-order valence-electron chi connectivity index (χ0n) is 12.9. The Labute approximate surface area is 131 Å². The van der Waals surface area contributed by atoms with Crippen molar-refractivity contribution < 1.29 is 4.74 Å². The van der Waals surface area contributed by atoms with Crippen LogP contribution in [0.1, 0.15) is 41.5 Å². The number of fused-ring (bicyclic) bond motifs is 3. The Morgan fingerprint density at radius 3 is 2.77 bits per heavy atom. The quantitative estimate of drug-likeness (QED) is 0.834. The summed E-state index contributed by atoms with van der Waals surface area (Å²) in [6.07, 6.45) is 2.48. The normalized spacial score (nSPS) is 26.3. The fourth-order valence-corrected chi connectivity index (χ4v) is 4.27. The van der Waals surface area contributed by atoms with E-state index in [1.165, 1.54) is 29.5 Å². The molecule has 0 saturated carbocycles. The van der Waals surface area contributed by atoms with Gasteiger partial charge in [-0.3, -0.25) is 0 Å². The molecule has 1 heterocycles. The summed E-state index contributed by atoms with van der Waals surface area (Å²) in [5.41, 5.74) is 11.2. The summed E-state index contributed by atoms with van der Waals surface area (Å²) in [6, 6.07) is 15.2. The molecule has 0 radical (unpaired) electrons. The molecule has 1 fully saturated rings. The number of nitrogen functional groups attached to an aromatic ring is 1. The number of nitrogens with two attached hydrogens (primary N) is 1. The highest BCUT2D eigenvalue weighted by Gasteiger charge is 2.43. The number of para-hydroxylation sites is 1. The third kappa shape index (κ3) is 2.00. The molecule has 2 aromatic rings. The van der Waals surface area contributed by atoms with Crippen molar-refractivity contribution in [3.63, 3.8) is 0 Å². The standard InChI is InChI=1S/C19H22N2O/c1-22-12-8-9-13-16(11-12)18(14-5-2-3-7-17(14)20)15-6-4-10-21-19(13)15/h2-3,5,7-9,11,15,18-19,21H,4,6,10,20H2,1H3. The van der Waals surface area contributed by atoms with Gasteiger partial charge in [-0.1, -0.05) is 24.3 Å². The lowest BCUT2D eigenvalue weighted by Gasteiger charge is -2.31. The van der Waals surface area contributed by atoms with E-state index in [-0.39, 0.29) is 0 Å². The zero-order chi connectivity index (χ0) is 15.1. The van der Waals surface area contributed by atoms with Crippen molar-refractivity contribution in [3.8, 4) is 5.75 Å². The van der Waals surface area contributed by atoms with E-state index in [4.69, 9.17) is 10.5 Å². The minimum Gasteiger partial charge on any atom is -0.497 e.